The van der Waals surface area contributed by atoms with Crippen LogP contribution < -0.4 is 5.32 Å². The van der Waals surface area contributed by atoms with E-state index in [9.17, 15) is 4.39 Å². The Morgan fingerprint density at radius 3 is 2.89 bits per heavy atom. The van der Waals surface area contributed by atoms with Crippen molar-refractivity contribution in [2.75, 3.05) is 5.32 Å². The maximum Gasteiger partial charge on any atom is 0.186 e. The monoisotopic (exact) mass is 246 g/mol. The van der Waals surface area contributed by atoms with E-state index in [1.54, 1.807) is 12.4 Å². The quantitative estimate of drug-likeness (QED) is 0.900. The number of rotatable bonds is 4. The van der Waals surface area contributed by atoms with E-state index in [1.165, 1.54) is 6.33 Å². The zero-order chi connectivity index (χ0) is 13.0. The molecule has 0 aliphatic heterocycles. The van der Waals surface area contributed by atoms with Crippen molar-refractivity contribution in [1.82, 2.24) is 15.0 Å². The molecular formula is C13H15FN4. The van der Waals surface area contributed by atoms with E-state index in [-0.39, 0.29) is 11.6 Å². The maximum absolute atomic E-state index is 13.9. The highest BCUT2D eigenvalue weighted by atomic mass is 19.1. The Kier molecular flexibility index (Phi) is 3.82. The minimum atomic E-state index is -0.374. The van der Waals surface area contributed by atoms with Gasteiger partial charge in [-0.2, -0.15) is 0 Å². The number of pyridine rings is 1. The van der Waals surface area contributed by atoms with Crippen LogP contribution in [0.1, 0.15) is 23.7 Å². The normalized spacial score (nSPS) is 10.4. The molecular weight excluding hydrogens is 231 g/mol. The fourth-order valence-corrected chi connectivity index (χ4v) is 1.64. The number of aryl methyl sites for hydroxylation is 2. The molecule has 0 aliphatic rings. The van der Waals surface area contributed by atoms with Gasteiger partial charge in [-0.25, -0.2) is 14.4 Å². The summed E-state index contributed by atoms with van der Waals surface area (Å²) in [5.74, 6) is -0.133. The van der Waals surface area contributed by atoms with Crippen LogP contribution >= 0.6 is 0 Å². The number of hydrogen-bond donors (Lipinski definition) is 1. The minimum absolute atomic E-state index is 0.241. The zero-order valence-electron chi connectivity index (χ0n) is 10.4. The highest BCUT2D eigenvalue weighted by Gasteiger charge is 2.09. The van der Waals surface area contributed by atoms with Crippen molar-refractivity contribution in [3.63, 3.8) is 0 Å². The fraction of sp³-hybridized carbons (Fsp3) is 0.308. The molecule has 5 heteroatoms. The molecule has 0 aliphatic carbocycles. The Morgan fingerprint density at radius 2 is 2.17 bits per heavy atom. The number of aromatic nitrogens is 3. The fourth-order valence-electron chi connectivity index (χ4n) is 1.64. The first-order chi connectivity index (χ1) is 8.72. The van der Waals surface area contributed by atoms with Crippen LogP contribution in [0.4, 0.5) is 10.2 Å². The van der Waals surface area contributed by atoms with Crippen LogP contribution in [-0.2, 0) is 13.0 Å². The first-order valence-corrected chi connectivity index (χ1v) is 5.85. The van der Waals surface area contributed by atoms with Crippen LogP contribution in [0, 0.1) is 12.7 Å². The summed E-state index contributed by atoms with van der Waals surface area (Å²) in [6, 6.07) is 1.92. The highest BCUT2D eigenvalue weighted by Crippen LogP contribution is 2.15. The lowest BCUT2D eigenvalue weighted by Crippen LogP contribution is -2.07. The summed E-state index contributed by atoms with van der Waals surface area (Å²) in [4.78, 5) is 11.9. The van der Waals surface area contributed by atoms with Crippen LogP contribution in [0.2, 0.25) is 0 Å². The second kappa shape index (κ2) is 5.53. The molecule has 0 saturated carbocycles. The summed E-state index contributed by atoms with van der Waals surface area (Å²) in [6.45, 7) is 4.35. The lowest BCUT2D eigenvalue weighted by atomic mass is 10.1. The number of nitrogens with one attached hydrogen (secondary N) is 1. The van der Waals surface area contributed by atoms with Crippen molar-refractivity contribution in [2.24, 2.45) is 0 Å². The largest absolute Gasteiger partial charge is 0.363 e. The van der Waals surface area contributed by atoms with Gasteiger partial charge in [0.2, 0.25) is 0 Å². The van der Waals surface area contributed by atoms with E-state index in [2.05, 4.69) is 20.3 Å². The third-order valence-corrected chi connectivity index (χ3v) is 2.79. The summed E-state index contributed by atoms with van der Waals surface area (Å²) in [5.41, 5.74) is 2.56. The molecule has 2 heterocycles. The van der Waals surface area contributed by atoms with E-state index >= 15 is 0 Å². The van der Waals surface area contributed by atoms with Crippen molar-refractivity contribution in [1.29, 1.82) is 0 Å². The summed E-state index contributed by atoms with van der Waals surface area (Å²) in [7, 11) is 0. The number of anilines is 1. The number of hydrogen-bond acceptors (Lipinski definition) is 4. The topological polar surface area (TPSA) is 50.7 Å². The van der Waals surface area contributed by atoms with Crippen molar-refractivity contribution in [3.8, 4) is 0 Å². The van der Waals surface area contributed by atoms with Crippen molar-refractivity contribution in [2.45, 2.75) is 26.8 Å². The van der Waals surface area contributed by atoms with Crippen LogP contribution in [0.25, 0.3) is 0 Å². The third kappa shape index (κ3) is 2.61. The van der Waals surface area contributed by atoms with Crippen LogP contribution in [-0.4, -0.2) is 15.0 Å². The second-order valence-corrected chi connectivity index (χ2v) is 3.99. The molecule has 2 rings (SSSR count). The van der Waals surface area contributed by atoms with E-state index < -0.39 is 0 Å². The van der Waals surface area contributed by atoms with Gasteiger partial charge in [0.05, 0.1) is 5.69 Å². The Balaban J connectivity index is 2.14. The Hall–Kier alpha value is -2.04. The number of halogens is 1. The molecule has 0 amide bonds. The molecule has 18 heavy (non-hydrogen) atoms. The lowest BCUT2D eigenvalue weighted by molar-refractivity contribution is 0.596. The molecule has 2 aromatic rings. The average Bonchev–Trinajstić information content (AvgIpc) is 2.39. The van der Waals surface area contributed by atoms with Gasteiger partial charge in [-0.05, 0) is 30.5 Å². The predicted octanol–water partition coefficient (Wildman–Crippen LogP) is 2.49. The summed E-state index contributed by atoms with van der Waals surface area (Å²) in [6.07, 6.45) is 5.43. The second-order valence-electron chi connectivity index (χ2n) is 3.99. The minimum Gasteiger partial charge on any atom is -0.363 e. The number of nitrogens with zero attached hydrogens (tertiary/aromatic N) is 3. The van der Waals surface area contributed by atoms with Crippen molar-refractivity contribution < 1.29 is 4.39 Å². The molecule has 0 aromatic carbocycles. The molecule has 1 N–H and O–H groups in total. The average molecular weight is 246 g/mol. The third-order valence-electron chi connectivity index (χ3n) is 2.79. The summed E-state index contributed by atoms with van der Waals surface area (Å²) in [5, 5.41) is 2.98. The first-order valence-electron chi connectivity index (χ1n) is 5.85. The van der Waals surface area contributed by atoms with Gasteiger partial charge < -0.3 is 5.32 Å². The van der Waals surface area contributed by atoms with Crippen LogP contribution in [0.15, 0.2) is 24.8 Å². The first kappa shape index (κ1) is 12.4. The van der Waals surface area contributed by atoms with E-state index in [1.807, 2.05) is 19.9 Å². The Labute approximate surface area is 105 Å². The van der Waals surface area contributed by atoms with Gasteiger partial charge in [0.15, 0.2) is 11.6 Å². The molecule has 4 nitrogen and oxygen atoms in total. The van der Waals surface area contributed by atoms with Gasteiger partial charge in [-0.15, -0.1) is 0 Å². The van der Waals surface area contributed by atoms with E-state index in [0.717, 1.165) is 11.1 Å². The molecule has 0 unspecified atom stereocenters. The Morgan fingerprint density at radius 1 is 1.33 bits per heavy atom. The molecule has 0 radical (unpaired) electrons. The van der Waals surface area contributed by atoms with Crippen molar-refractivity contribution in [3.05, 3.63) is 47.4 Å². The van der Waals surface area contributed by atoms with Gasteiger partial charge in [-0.1, -0.05) is 6.92 Å². The lowest BCUT2D eigenvalue weighted by Gasteiger charge is -2.09. The van der Waals surface area contributed by atoms with Crippen molar-refractivity contribution >= 4 is 5.82 Å². The molecule has 94 valence electrons. The predicted molar refractivity (Wildman–Crippen MR) is 67.7 cm³/mol. The maximum atomic E-state index is 13.9. The molecule has 0 fully saturated rings. The van der Waals surface area contributed by atoms with Gasteiger partial charge in [0.1, 0.15) is 6.33 Å². The summed E-state index contributed by atoms with van der Waals surface area (Å²) < 4.78 is 13.9. The highest BCUT2D eigenvalue weighted by molar-refractivity contribution is 5.38. The molecule has 0 saturated heterocycles. The molecule has 0 spiro atoms. The van der Waals surface area contributed by atoms with Gasteiger partial charge >= 0.3 is 0 Å². The Bertz CT molecular complexity index is 542. The molecule has 0 bridgehead atoms. The SMILES string of the molecule is CCc1ncnc(NCc2cnccc2C)c1F. The van der Waals surface area contributed by atoms with E-state index in [4.69, 9.17) is 0 Å². The standard InChI is InChI=1S/C13H15FN4/c1-3-11-12(14)13(18-8-17-11)16-7-10-6-15-5-4-9(10)2/h4-6,8H,3,7H2,1-2H3,(H,16,17,18). The van der Waals surface area contributed by atoms with Gasteiger partial charge in [0.25, 0.3) is 0 Å². The molecule has 2 aromatic heterocycles. The van der Waals surface area contributed by atoms with E-state index in [0.29, 0.717) is 18.7 Å². The van der Waals surface area contributed by atoms with Gasteiger partial charge in [0, 0.05) is 18.9 Å². The zero-order valence-corrected chi connectivity index (χ0v) is 10.4. The molecule has 0 atom stereocenters. The van der Waals surface area contributed by atoms with Gasteiger partial charge in [-0.3, -0.25) is 4.98 Å². The van der Waals surface area contributed by atoms with Crippen LogP contribution in [0.5, 0.6) is 0 Å². The smallest absolute Gasteiger partial charge is 0.186 e. The summed E-state index contributed by atoms with van der Waals surface area (Å²) >= 11 is 0. The van der Waals surface area contributed by atoms with Crippen LogP contribution in [0.3, 0.4) is 0 Å².